The van der Waals surface area contributed by atoms with Gasteiger partial charge < -0.3 is 10.6 Å². The fraction of sp³-hybridized carbons (Fsp3) is 0.455. The normalized spacial score (nSPS) is 17.9. The molecule has 1 saturated heterocycles. The maximum atomic E-state index is 12.6. The van der Waals surface area contributed by atoms with Gasteiger partial charge in [-0.1, -0.05) is 24.6 Å². The molecular formula is C22H28N4O. The number of rotatable bonds is 5. The standard InChI is InChI=1S/C22H28N4O/c27-22(25-20-11-5-8-17-7-4-10-19(17)20)24-16-21(18-9-6-12-23-15-18)26-13-2-1-3-14-26/h5-6,8-9,11-12,15,21H,1-4,7,10,13-14,16H2,(H2,24,25,27). The molecule has 1 aliphatic carbocycles. The Morgan fingerprint density at radius 1 is 1.07 bits per heavy atom. The summed E-state index contributed by atoms with van der Waals surface area (Å²) >= 11 is 0. The summed E-state index contributed by atoms with van der Waals surface area (Å²) in [5, 5.41) is 6.17. The summed E-state index contributed by atoms with van der Waals surface area (Å²) < 4.78 is 0. The zero-order valence-corrected chi connectivity index (χ0v) is 15.8. The summed E-state index contributed by atoms with van der Waals surface area (Å²) in [6.45, 7) is 2.75. The Morgan fingerprint density at radius 3 is 2.78 bits per heavy atom. The summed E-state index contributed by atoms with van der Waals surface area (Å²) in [6, 6.07) is 10.3. The third-order valence-corrected chi connectivity index (χ3v) is 5.75. The molecule has 4 rings (SSSR count). The second-order valence-corrected chi connectivity index (χ2v) is 7.53. The molecule has 1 aromatic carbocycles. The van der Waals surface area contributed by atoms with E-state index in [-0.39, 0.29) is 12.1 Å². The number of carbonyl (C=O) groups is 1. The first kappa shape index (κ1) is 18.0. The Labute approximate surface area is 161 Å². The van der Waals surface area contributed by atoms with Crippen molar-refractivity contribution >= 4 is 11.7 Å². The predicted octanol–water partition coefficient (Wildman–Crippen LogP) is 3.92. The van der Waals surface area contributed by atoms with E-state index >= 15 is 0 Å². The highest BCUT2D eigenvalue weighted by molar-refractivity contribution is 5.90. The van der Waals surface area contributed by atoms with Crippen molar-refractivity contribution in [1.29, 1.82) is 0 Å². The van der Waals surface area contributed by atoms with Gasteiger partial charge in [-0.3, -0.25) is 9.88 Å². The molecule has 1 aliphatic heterocycles. The number of pyridine rings is 1. The minimum Gasteiger partial charge on any atom is -0.336 e. The van der Waals surface area contributed by atoms with E-state index in [4.69, 9.17) is 0 Å². The molecule has 27 heavy (non-hydrogen) atoms. The number of carbonyl (C=O) groups excluding carboxylic acids is 1. The van der Waals surface area contributed by atoms with Crippen LogP contribution in [0.15, 0.2) is 42.7 Å². The summed E-state index contributed by atoms with van der Waals surface area (Å²) in [5.74, 6) is 0. The molecule has 1 atom stereocenters. The molecule has 2 aliphatic rings. The number of aryl methyl sites for hydroxylation is 1. The zero-order chi connectivity index (χ0) is 18.5. The third-order valence-electron chi connectivity index (χ3n) is 5.75. The maximum Gasteiger partial charge on any atom is 0.319 e. The van der Waals surface area contributed by atoms with Crippen molar-refractivity contribution in [2.75, 3.05) is 25.0 Å². The molecule has 1 aromatic heterocycles. The number of hydrogen-bond donors (Lipinski definition) is 2. The molecule has 0 bridgehead atoms. The number of aromatic nitrogens is 1. The number of hydrogen-bond acceptors (Lipinski definition) is 3. The number of anilines is 1. The summed E-state index contributed by atoms with van der Waals surface area (Å²) in [5.41, 5.74) is 4.79. The number of likely N-dealkylation sites (tertiary alicyclic amines) is 1. The molecule has 1 unspecified atom stereocenters. The van der Waals surface area contributed by atoms with Gasteiger partial charge in [0.25, 0.3) is 0 Å². The van der Waals surface area contributed by atoms with Crippen molar-refractivity contribution in [3.05, 3.63) is 59.4 Å². The van der Waals surface area contributed by atoms with Crippen molar-refractivity contribution in [3.63, 3.8) is 0 Å². The Morgan fingerprint density at radius 2 is 1.96 bits per heavy atom. The average molecular weight is 364 g/mol. The smallest absolute Gasteiger partial charge is 0.319 e. The number of benzene rings is 1. The Balaban J connectivity index is 1.41. The summed E-state index contributed by atoms with van der Waals surface area (Å²) in [7, 11) is 0. The van der Waals surface area contributed by atoms with Gasteiger partial charge in [0, 0.05) is 24.6 Å². The van der Waals surface area contributed by atoms with Gasteiger partial charge in [-0.2, -0.15) is 0 Å². The van der Waals surface area contributed by atoms with Crippen LogP contribution in [-0.2, 0) is 12.8 Å². The first-order valence-electron chi connectivity index (χ1n) is 10.1. The van der Waals surface area contributed by atoms with E-state index in [0.717, 1.165) is 31.6 Å². The molecule has 2 heterocycles. The maximum absolute atomic E-state index is 12.6. The number of nitrogens with zero attached hydrogens (tertiary/aromatic N) is 2. The largest absolute Gasteiger partial charge is 0.336 e. The van der Waals surface area contributed by atoms with Crippen LogP contribution < -0.4 is 10.6 Å². The summed E-state index contributed by atoms with van der Waals surface area (Å²) in [4.78, 5) is 19.3. The third kappa shape index (κ3) is 4.30. The highest BCUT2D eigenvalue weighted by Crippen LogP contribution is 2.29. The zero-order valence-electron chi connectivity index (χ0n) is 15.8. The number of fused-ring (bicyclic) bond motifs is 1. The van der Waals surface area contributed by atoms with Gasteiger partial charge in [-0.05, 0) is 74.0 Å². The van der Waals surface area contributed by atoms with Gasteiger partial charge >= 0.3 is 6.03 Å². The lowest BCUT2D eigenvalue weighted by Crippen LogP contribution is -2.41. The monoisotopic (exact) mass is 364 g/mol. The van der Waals surface area contributed by atoms with Crippen molar-refractivity contribution in [2.45, 2.75) is 44.6 Å². The van der Waals surface area contributed by atoms with Crippen molar-refractivity contribution in [3.8, 4) is 0 Å². The molecular weight excluding hydrogens is 336 g/mol. The Kier molecular flexibility index (Phi) is 5.68. The molecule has 0 spiro atoms. The Hall–Kier alpha value is -2.40. The first-order valence-corrected chi connectivity index (χ1v) is 10.1. The number of nitrogens with one attached hydrogen (secondary N) is 2. The van der Waals surface area contributed by atoms with Gasteiger partial charge in [-0.15, -0.1) is 0 Å². The molecule has 0 saturated carbocycles. The minimum absolute atomic E-state index is 0.124. The van der Waals surface area contributed by atoms with E-state index in [1.54, 1.807) is 6.20 Å². The Bertz CT molecular complexity index is 771. The van der Waals surface area contributed by atoms with E-state index in [1.165, 1.54) is 42.4 Å². The lowest BCUT2D eigenvalue weighted by Gasteiger charge is -2.34. The fourth-order valence-corrected chi connectivity index (χ4v) is 4.35. The van der Waals surface area contributed by atoms with Crippen LogP contribution in [0.5, 0.6) is 0 Å². The highest BCUT2D eigenvalue weighted by atomic mass is 16.2. The van der Waals surface area contributed by atoms with Gasteiger partial charge in [-0.25, -0.2) is 4.79 Å². The molecule has 2 N–H and O–H groups in total. The fourth-order valence-electron chi connectivity index (χ4n) is 4.35. The number of piperidine rings is 1. The molecule has 0 radical (unpaired) electrons. The predicted molar refractivity (Wildman–Crippen MR) is 108 cm³/mol. The van der Waals surface area contributed by atoms with Crippen molar-refractivity contribution in [1.82, 2.24) is 15.2 Å². The second kappa shape index (κ2) is 8.53. The lowest BCUT2D eigenvalue weighted by molar-refractivity contribution is 0.161. The molecule has 2 amide bonds. The van der Waals surface area contributed by atoms with Crippen LogP contribution in [0.4, 0.5) is 10.5 Å². The van der Waals surface area contributed by atoms with Crippen LogP contribution in [-0.4, -0.2) is 35.5 Å². The van der Waals surface area contributed by atoms with E-state index in [1.807, 2.05) is 24.4 Å². The van der Waals surface area contributed by atoms with Crippen LogP contribution in [0, 0.1) is 0 Å². The average Bonchev–Trinajstić information content (AvgIpc) is 3.20. The summed E-state index contributed by atoms with van der Waals surface area (Å²) in [6.07, 6.45) is 10.8. The van der Waals surface area contributed by atoms with E-state index in [9.17, 15) is 4.79 Å². The van der Waals surface area contributed by atoms with Gasteiger partial charge in [0.1, 0.15) is 0 Å². The molecule has 5 nitrogen and oxygen atoms in total. The molecule has 2 aromatic rings. The van der Waals surface area contributed by atoms with E-state index in [0.29, 0.717) is 6.54 Å². The quantitative estimate of drug-likeness (QED) is 0.845. The van der Waals surface area contributed by atoms with Crippen LogP contribution >= 0.6 is 0 Å². The first-order chi connectivity index (χ1) is 13.3. The molecule has 142 valence electrons. The second-order valence-electron chi connectivity index (χ2n) is 7.53. The number of amides is 2. The molecule has 1 fully saturated rings. The van der Waals surface area contributed by atoms with Crippen molar-refractivity contribution in [2.24, 2.45) is 0 Å². The topological polar surface area (TPSA) is 57.3 Å². The van der Waals surface area contributed by atoms with Crippen molar-refractivity contribution < 1.29 is 4.79 Å². The molecule has 5 heteroatoms. The van der Waals surface area contributed by atoms with Crippen LogP contribution in [0.3, 0.4) is 0 Å². The SMILES string of the molecule is O=C(NCC(c1cccnc1)N1CCCCC1)Nc1cccc2c1CCC2. The highest BCUT2D eigenvalue weighted by Gasteiger charge is 2.23. The van der Waals surface area contributed by atoms with Gasteiger partial charge in [0.2, 0.25) is 0 Å². The number of urea groups is 1. The van der Waals surface area contributed by atoms with Crippen LogP contribution in [0.25, 0.3) is 0 Å². The van der Waals surface area contributed by atoms with Crippen LogP contribution in [0.1, 0.15) is 48.4 Å². The minimum atomic E-state index is -0.124. The van der Waals surface area contributed by atoms with E-state index in [2.05, 4.69) is 32.7 Å². The van der Waals surface area contributed by atoms with Crippen LogP contribution in [0.2, 0.25) is 0 Å². The lowest BCUT2D eigenvalue weighted by atomic mass is 10.0. The van der Waals surface area contributed by atoms with Gasteiger partial charge in [0.05, 0.1) is 6.04 Å². The van der Waals surface area contributed by atoms with E-state index < -0.39 is 0 Å². The van der Waals surface area contributed by atoms with Gasteiger partial charge in [0.15, 0.2) is 0 Å².